The fourth-order valence-electron chi connectivity index (χ4n) is 4.11. The zero-order valence-electron chi connectivity index (χ0n) is 15.0. The Hall–Kier alpha value is -2.32. The number of fused-ring (bicyclic) bond motifs is 1. The Balaban J connectivity index is 1.73. The van der Waals surface area contributed by atoms with Crippen LogP contribution in [0.2, 0.25) is 0 Å². The number of rotatable bonds is 4. The summed E-state index contributed by atoms with van der Waals surface area (Å²) in [5.41, 5.74) is 2.19. The number of aromatic nitrogens is 2. The number of halogens is 2. The van der Waals surface area contributed by atoms with Crippen molar-refractivity contribution in [2.45, 2.75) is 37.8 Å². The number of ether oxygens (including phenoxy) is 1. The van der Waals surface area contributed by atoms with E-state index in [9.17, 15) is 18.7 Å². The van der Waals surface area contributed by atoms with Crippen molar-refractivity contribution >= 4 is 5.91 Å². The van der Waals surface area contributed by atoms with E-state index in [1.54, 1.807) is 12.0 Å². The summed E-state index contributed by atoms with van der Waals surface area (Å²) in [5.74, 6) is -1.66. The lowest BCUT2D eigenvalue weighted by molar-refractivity contribution is 0.0615. The molecule has 1 aromatic carbocycles. The quantitative estimate of drug-likeness (QED) is 0.883. The number of hydrogen-bond acceptors (Lipinski definition) is 4. The molecule has 2 atom stereocenters. The van der Waals surface area contributed by atoms with E-state index in [0.29, 0.717) is 31.6 Å². The lowest BCUT2D eigenvalue weighted by Gasteiger charge is -2.23. The van der Waals surface area contributed by atoms with Crippen molar-refractivity contribution in [1.82, 2.24) is 14.7 Å². The zero-order valence-corrected chi connectivity index (χ0v) is 15.0. The first kappa shape index (κ1) is 18.1. The minimum atomic E-state index is -0.692. The monoisotopic (exact) mass is 377 g/mol. The lowest BCUT2D eigenvalue weighted by Crippen LogP contribution is -2.39. The van der Waals surface area contributed by atoms with Crippen molar-refractivity contribution < 1.29 is 23.4 Å². The maximum Gasteiger partial charge on any atom is 0.275 e. The highest BCUT2D eigenvalue weighted by Crippen LogP contribution is 2.30. The van der Waals surface area contributed by atoms with E-state index < -0.39 is 17.7 Å². The van der Waals surface area contributed by atoms with E-state index in [1.807, 2.05) is 0 Å². The molecule has 2 aliphatic rings. The van der Waals surface area contributed by atoms with Gasteiger partial charge in [-0.25, -0.2) is 13.5 Å². The van der Waals surface area contributed by atoms with Crippen LogP contribution in [-0.2, 0) is 17.6 Å². The summed E-state index contributed by atoms with van der Waals surface area (Å²) < 4.78 is 34.0. The number of carbonyl (C=O) groups is 1. The van der Waals surface area contributed by atoms with Gasteiger partial charge >= 0.3 is 0 Å². The number of benzene rings is 1. The molecular weight excluding hydrogens is 356 g/mol. The molecular formula is C19H21F2N3O3. The van der Waals surface area contributed by atoms with Gasteiger partial charge in [-0.3, -0.25) is 4.79 Å². The molecule has 1 aliphatic heterocycles. The van der Waals surface area contributed by atoms with Crippen LogP contribution in [0.15, 0.2) is 18.2 Å². The molecule has 144 valence electrons. The Morgan fingerprint density at radius 1 is 1.30 bits per heavy atom. The third-order valence-electron chi connectivity index (χ3n) is 5.24. The maximum atomic E-state index is 13.7. The first-order chi connectivity index (χ1) is 13.0. The van der Waals surface area contributed by atoms with Gasteiger partial charge in [0.05, 0.1) is 24.4 Å². The Morgan fingerprint density at radius 3 is 2.74 bits per heavy atom. The number of amides is 1. The molecule has 27 heavy (non-hydrogen) atoms. The maximum absolute atomic E-state index is 13.7. The van der Waals surface area contributed by atoms with E-state index in [-0.39, 0.29) is 24.2 Å². The van der Waals surface area contributed by atoms with Gasteiger partial charge in [-0.05, 0) is 37.8 Å². The number of nitrogens with zero attached hydrogens (tertiary/aromatic N) is 3. The number of aliphatic hydroxyl groups excluding tert-OH is 1. The number of hydrogen-bond donors (Lipinski definition) is 1. The minimum absolute atomic E-state index is 0.216. The van der Waals surface area contributed by atoms with Gasteiger partial charge in [0.1, 0.15) is 11.6 Å². The molecule has 6 nitrogen and oxygen atoms in total. The SMILES string of the molecule is COCC1CC(O)CN1C(=O)c1nn(-c2cc(F)cc(F)c2)c2c1CCC2. The molecule has 2 aromatic rings. The Kier molecular flexibility index (Phi) is 4.69. The molecule has 1 fully saturated rings. The van der Waals surface area contributed by atoms with Gasteiger partial charge in [0.15, 0.2) is 5.69 Å². The highest BCUT2D eigenvalue weighted by atomic mass is 19.1. The Morgan fingerprint density at radius 2 is 2.04 bits per heavy atom. The van der Waals surface area contributed by atoms with Gasteiger partial charge in [0.2, 0.25) is 0 Å². The van der Waals surface area contributed by atoms with Crippen molar-refractivity contribution in [1.29, 1.82) is 0 Å². The molecule has 1 aromatic heterocycles. The van der Waals surface area contributed by atoms with E-state index >= 15 is 0 Å². The van der Waals surface area contributed by atoms with Gasteiger partial charge in [-0.15, -0.1) is 0 Å². The van der Waals surface area contributed by atoms with Crippen LogP contribution in [0.4, 0.5) is 8.78 Å². The minimum Gasteiger partial charge on any atom is -0.391 e. The highest BCUT2D eigenvalue weighted by molar-refractivity contribution is 5.94. The fourth-order valence-corrected chi connectivity index (χ4v) is 4.11. The van der Waals surface area contributed by atoms with Crippen molar-refractivity contribution in [2.24, 2.45) is 0 Å². The van der Waals surface area contributed by atoms with Gasteiger partial charge < -0.3 is 14.7 Å². The topological polar surface area (TPSA) is 67.6 Å². The van der Waals surface area contributed by atoms with Crippen LogP contribution in [-0.4, -0.2) is 58.1 Å². The molecule has 8 heteroatoms. The second-order valence-corrected chi connectivity index (χ2v) is 7.12. The summed E-state index contributed by atoms with van der Waals surface area (Å²) in [7, 11) is 1.55. The first-order valence-corrected chi connectivity index (χ1v) is 9.03. The molecule has 2 heterocycles. The molecule has 4 rings (SSSR count). The second-order valence-electron chi connectivity index (χ2n) is 7.12. The molecule has 1 amide bonds. The summed E-state index contributed by atoms with van der Waals surface area (Å²) in [6.45, 7) is 0.559. The summed E-state index contributed by atoms with van der Waals surface area (Å²) in [6, 6.07) is 3.00. The van der Waals surface area contributed by atoms with Crippen LogP contribution < -0.4 is 0 Å². The molecule has 2 unspecified atom stereocenters. The van der Waals surface area contributed by atoms with E-state index in [4.69, 9.17) is 4.74 Å². The van der Waals surface area contributed by atoms with Crippen LogP contribution in [0.25, 0.3) is 5.69 Å². The van der Waals surface area contributed by atoms with Crippen LogP contribution in [0.1, 0.15) is 34.6 Å². The summed E-state index contributed by atoms with van der Waals surface area (Å²) in [4.78, 5) is 14.7. The molecule has 1 N–H and O–H groups in total. The molecule has 0 saturated carbocycles. The third kappa shape index (κ3) is 3.23. The van der Waals surface area contributed by atoms with Gasteiger partial charge in [-0.1, -0.05) is 0 Å². The fraction of sp³-hybridized carbons (Fsp3) is 0.474. The van der Waals surface area contributed by atoms with Crippen LogP contribution in [0, 0.1) is 11.6 Å². The summed E-state index contributed by atoms with van der Waals surface area (Å²) in [6.07, 6.45) is 2.10. The van der Waals surface area contributed by atoms with Crippen molar-refractivity contribution in [3.8, 4) is 5.69 Å². The number of carbonyl (C=O) groups excluding carboxylic acids is 1. The smallest absolute Gasteiger partial charge is 0.275 e. The average Bonchev–Trinajstić information content (AvgIpc) is 3.28. The largest absolute Gasteiger partial charge is 0.391 e. The molecule has 0 radical (unpaired) electrons. The summed E-state index contributed by atoms with van der Waals surface area (Å²) in [5, 5.41) is 14.4. The van der Waals surface area contributed by atoms with Crippen LogP contribution >= 0.6 is 0 Å². The number of β-amino-alcohol motifs (C(OH)–C–C–N with tert-alkyl or cyclic N) is 1. The average molecular weight is 377 g/mol. The number of aliphatic hydroxyl groups is 1. The van der Waals surface area contributed by atoms with Crippen LogP contribution in [0.5, 0.6) is 0 Å². The second kappa shape index (κ2) is 7.01. The van der Waals surface area contributed by atoms with Gasteiger partial charge in [-0.2, -0.15) is 5.10 Å². The predicted octanol–water partition coefficient (Wildman–Crippen LogP) is 1.86. The normalized spacial score (nSPS) is 21.7. The van der Waals surface area contributed by atoms with E-state index in [1.165, 1.54) is 16.8 Å². The Labute approximate surface area is 155 Å². The zero-order chi connectivity index (χ0) is 19.1. The first-order valence-electron chi connectivity index (χ1n) is 9.03. The van der Waals surface area contributed by atoms with E-state index in [2.05, 4.69) is 5.10 Å². The number of methoxy groups -OCH3 is 1. The van der Waals surface area contributed by atoms with Crippen molar-refractivity contribution in [3.63, 3.8) is 0 Å². The van der Waals surface area contributed by atoms with Crippen molar-refractivity contribution in [2.75, 3.05) is 20.3 Å². The highest BCUT2D eigenvalue weighted by Gasteiger charge is 2.38. The molecule has 0 spiro atoms. The van der Waals surface area contributed by atoms with Gasteiger partial charge in [0.25, 0.3) is 5.91 Å². The van der Waals surface area contributed by atoms with E-state index in [0.717, 1.165) is 23.7 Å². The molecule has 1 saturated heterocycles. The lowest BCUT2D eigenvalue weighted by atomic mass is 10.1. The Bertz CT molecular complexity index is 863. The van der Waals surface area contributed by atoms with Crippen LogP contribution in [0.3, 0.4) is 0 Å². The van der Waals surface area contributed by atoms with Gasteiger partial charge in [0, 0.05) is 31.0 Å². The summed E-state index contributed by atoms with van der Waals surface area (Å²) >= 11 is 0. The number of likely N-dealkylation sites (tertiary alicyclic amines) is 1. The predicted molar refractivity (Wildman–Crippen MR) is 92.8 cm³/mol. The standard InChI is InChI=1S/C19H21F2N3O3/c1-27-10-14-8-15(25)9-23(14)19(26)18-16-3-2-4-17(16)24(22-18)13-6-11(20)5-12(21)7-13/h5-7,14-15,25H,2-4,8-10H2,1H3. The molecule has 0 bridgehead atoms. The third-order valence-corrected chi connectivity index (χ3v) is 5.24. The molecule has 1 aliphatic carbocycles. The van der Waals surface area contributed by atoms with Crippen molar-refractivity contribution in [3.05, 3.63) is 46.8 Å².